The number of aliphatic hydroxyl groups excluding tert-OH is 1. The minimum atomic E-state index is -0.748. The summed E-state index contributed by atoms with van der Waals surface area (Å²) < 4.78 is 22.7. The third-order valence-corrected chi connectivity index (χ3v) is 5.48. The first-order chi connectivity index (χ1) is 16.5. The lowest BCUT2D eigenvalue weighted by Gasteiger charge is -2.31. The monoisotopic (exact) mass is 470 g/mol. The smallest absolute Gasteiger partial charge is 0.227 e. The predicted molar refractivity (Wildman–Crippen MR) is 131 cm³/mol. The second-order valence-electron chi connectivity index (χ2n) is 7.94. The van der Waals surface area contributed by atoms with E-state index < -0.39 is 6.10 Å². The Morgan fingerprint density at radius 3 is 2.50 bits per heavy atom. The van der Waals surface area contributed by atoms with Crippen molar-refractivity contribution in [2.75, 3.05) is 38.3 Å². The summed E-state index contributed by atoms with van der Waals surface area (Å²) in [6, 6.07) is 10.9. The Kier molecular flexibility index (Phi) is 9.18. The lowest BCUT2D eigenvalue weighted by molar-refractivity contribution is -0.118. The fourth-order valence-electron chi connectivity index (χ4n) is 3.81. The fourth-order valence-corrected chi connectivity index (χ4v) is 3.81. The van der Waals surface area contributed by atoms with Crippen LogP contribution in [-0.2, 0) is 11.2 Å². The van der Waals surface area contributed by atoms with Gasteiger partial charge in [0.1, 0.15) is 48.5 Å². The van der Waals surface area contributed by atoms with Gasteiger partial charge >= 0.3 is 0 Å². The van der Waals surface area contributed by atoms with Crippen LogP contribution in [0.4, 0.5) is 5.69 Å². The summed E-state index contributed by atoms with van der Waals surface area (Å²) in [7, 11) is 1.61. The number of carbonyl (C=O) groups excluding carboxylic acids is 1. The normalized spacial score (nSPS) is 14.7. The number of anilines is 1. The number of hydrogen-bond donors (Lipinski definition) is 2. The Morgan fingerprint density at radius 2 is 1.82 bits per heavy atom. The quantitative estimate of drug-likeness (QED) is 0.343. The lowest BCUT2D eigenvalue weighted by Crippen LogP contribution is -2.39. The molecule has 0 saturated carbocycles. The second-order valence-corrected chi connectivity index (χ2v) is 7.94. The summed E-state index contributed by atoms with van der Waals surface area (Å²) in [5.41, 5.74) is 1.66. The van der Waals surface area contributed by atoms with Gasteiger partial charge in [-0.1, -0.05) is 12.7 Å². The van der Waals surface area contributed by atoms with E-state index in [1.165, 1.54) is 0 Å². The first-order valence-electron chi connectivity index (χ1n) is 11.5. The Hall–Kier alpha value is -3.23. The van der Waals surface area contributed by atoms with E-state index in [-0.39, 0.29) is 18.7 Å². The molecule has 2 aromatic rings. The second kappa shape index (κ2) is 12.3. The van der Waals surface area contributed by atoms with Crippen molar-refractivity contribution in [3.8, 4) is 23.0 Å². The van der Waals surface area contributed by atoms with Crippen molar-refractivity contribution in [2.45, 2.75) is 39.0 Å². The number of nitrogens with one attached hydrogen (secondary N) is 1. The average molecular weight is 471 g/mol. The van der Waals surface area contributed by atoms with Gasteiger partial charge in [0.05, 0.1) is 12.8 Å². The highest BCUT2D eigenvalue weighted by Crippen LogP contribution is 2.42. The number of amides is 1. The van der Waals surface area contributed by atoms with E-state index in [0.717, 1.165) is 17.0 Å². The van der Waals surface area contributed by atoms with Crippen LogP contribution in [0.3, 0.4) is 0 Å². The third-order valence-electron chi connectivity index (χ3n) is 5.48. The molecule has 8 heteroatoms. The van der Waals surface area contributed by atoms with E-state index in [0.29, 0.717) is 49.8 Å². The largest absolute Gasteiger partial charge is 0.497 e. The van der Waals surface area contributed by atoms with Crippen molar-refractivity contribution in [3.05, 3.63) is 54.6 Å². The van der Waals surface area contributed by atoms with Gasteiger partial charge in [-0.25, -0.2) is 0 Å². The first kappa shape index (κ1) is 25.4. The molecule has 34 heavy (non-hydrogen) atoms. The number of carbonyl (C=O) groups is 1. The number of aliphatic hydroxyl groups is 1. The van der Waals surface area contributed by atoms with Crippen molar-refractivity contribution in [1.29, 1.82) is 0 Å². The molecule has 2 unspecified atom stereocenters. The van der Waals surface area contributed by atoms with Crippen LogP contribution >= 0.6 is 0 Å². The minimum Gasteiger partial charge on any atom is -0.497 e. The standard InChI is InChI=1S/C26H34N2O6/c1-5-15-32-24-13-12-23(22-11-14-25(30)28(6-2)26(22)24)33-17-19(29)16-27-18(3)34-21-9-7-20(31-4)8-10-21/h5,7-10,12-13,18-19,27,29H,1,6,11,14-17H2,2-4H3. The van der Waals surface area contributed by atoms with Crippen molar-refractivity contribution in [2.24, 2.45) is 0 Å². The summed E-state index contributed by atoms with van der Waals surface area (Å²) in [4.78, 5) is 14.2. The van der Waals surface area contributed by atoms with Crippen LogP contribution in [0.25, 0.3) is 0 Å². The Morgan fingerprint density at radius 1 is 1.12 bits per heavy atom. The molecule has 0 saturated heterocycles. The molecule has 0 spiro atoms. The van der Waals surface area contributed by atoms with Gasteiger partial charge in [-0.15, -0.1) is 0 Å². The van der Waals surface area contributed by atoms with Crippen molar-refractivity contribution in [3.63, 3.8) is 0 Å². The summed E-state index contributed by atoms with van der Waals surface area (Å²) >= 11 is 0. The van der Waals surface area contributed by atoms with E-state index in [1.54, 1.807) is 24.2 Å². The highest BCUT2D eigenvalue weighted by Gasteiger charge is 2.29. The van der Waals surface area contributed by atoms with Gasteiger partial charge in [0, 0.05) is 25.1 Å². The van der Waals surface area contributed by atoms with Gasteiger partial charge in [0.15, 0.2) is 0 Å². The maximum absolute atomic E-state index is 12.4. The van der Waals surface area contributed by atoms with Gasteiger partial charge in [0.25, 0.3) is 0 Å². The SMILES string of the molecule is C=CCOc1ccc(OCC(O)CNC(C)Oc2ccc(OC)cc2)c2c1N(CC)C(=O)CC2. The molecule has 1 amide bonds. The van der Waals surface area contributed by atoms with E-state index >= 15 is 0 Å². The van der Waals surface area contributed by atoms with E-state index in [2.05, 4.69) is 11.9 Å². The Bertz CT molecular complexity index is 963. The van der Waals surface area contributed by atoms with Crippen molar-refractivity contribution in [1.82, 2.24) is 5.32 Å². The number of rotatable bonds is 13. The molecule has 0 radical (unpaired) electrons. The molecule has 0 aromatic heterocycles. The number of ether oxygens (including phenoxy) is 4. The Balaban J connectivity index is 1.58. The molecule has 1 aliphatic rings. The van der Waals surface area contributed by atoms with Gasteiger partial charge in [-0.2, -0.15) is 0 Å². The van der Waals surface area contributed by atoms with Crippen LogP contribution in [0.15, 0.2) is 49.1 Å². The molecule has 184 valence electrons. The maximum Gasteiger partial charge on any atom is 0.227 e. The van der Waals surface area contributed by atoms with Crippen LogP contribution in [0.5, 0.6) is 23.0 Å². The molecule has 3 rings (SSSR count). The molecular formula is C26H34N2O6. The van der Waals surface area contributed by atoms with Gasteiger partial charge < -0.3 is 29.0 Å². The minimum absolute atomic E-state index is 0.0608. The first-order valence-corrected chi connectivity index (χ1v) is 11.5. The number of nitrogens with zero attached hydrogens (tertiary/aromatic N) is 1. The fraction of sp³-hybridized carbons (Fsp3) is 0.423. The maximum atomic E-state index is 12.4. The lowest BCUT2D eigenvalue weighted by atomic mass is 9.99. The third kappa shape index (κ3) is 6.42. The molecule has 1 heterocycles. The number of hydrogen-bond acceptors (Lipinski definition) is 7. The molecule has 8 nitrogen and oxygen atoms in total. The zero-order valence-electron chi connectivity index (χ0n) is 20.1. The van der Waals surface area contributed by atoms with Crippen LogP contribution in [0.2, 0.25) is 0 Å². The number of benzene rings is 2. The molecule has 2 aromatic carbocycles. The summed E-state index contributed by atoms with van der Waals surface area (Å²) in [5, 5.41) is 13.6. The zero-order valence-corrected chi connectivity index (χ0v) is 20.1. The number of fused-ring (bicyclic) bond motifs is 1. The van der Waals surface area contributed by atoms with Crippen LogP contribution in [-0.4, -0.2) is 56.8 Å². The summed E-state index contributed by atoms with van der Waals surface area (Å²) in [6.45, 7) is 8.77. The molecule has 2 N–H and O–H groups in total. The van der Waals surface area contributed by atoms with Crippen molar-refractivity contribution >= 4 is 11.6 Å². The van der Waals surface area contributed by atoms with Gasteiger partial charge in [0.2, 0.25) is 5.91 Å². The van der Waals surface area contributed by atoms with E-state index in [4.69, 9.17) is 18.9 Å². The molecule has 2 atom stereocenters. The average Bonchev–Trinajstić information content (AvgIpc) is 2.85. The molecule has 1 aliphatic heterocycles. The molecule has 0 aliphatic carbocycles. The van der Waals surface area contributed by atoms with Gasteiger partial charge in [-0.3, -0.25) is 10.1 Å². The summed E-state index contributed by atoms with van der Waals surface area (Å²) in [5.74, 6) is 2.80. The number of methoxy groups -OCH3 is 1. The molecule has 0 fully saturated rings. The predicted octanol–water partition coefficient (Wildman–Crippen LogP) is 3.31. The van der Waals surface area contributed by atoms with Crippen LogP contribution in [0.1, 0.15) is 25.8 Å². The molecular weight excluding hydrogens is 436 g/mol. The van der Waals surface area contributed by atoms with E-state index in [1.807, 2.05) is 44.2 Å². The Labute approximate surface area is 201 Å². The van der Waals surface area contributed by atoms with Crippen molar-refractivity contribution < 1.29 is 28.8 Å². The van der Waals surface area contributed by atoms with Crippen LogP contribution < -0.4 is 29.2 Å². The zero-order chi connectivity index (χ0) is 24.5. The highest BCUT2D eigenvalue weighted by atomic mass is 16.5. The highest BCUT2D eigenvalue weighted by molar-refractivity contribution is 5.98. The van der Waals surface area contributed by atoms with Gasteiger partial charge in [-0.05, 0) is 56.7 Å². The van der Waals surface area contributed by atoms with E-state index in [9.17, 15) is 9.90 Å². The molecule has 0 bridgehead atoms. The topological polar surface area (TPSA) is 89.5 Å². The van der Waals surface area contributed by atoms with Crippen LogP contribution in [0, 0.1) is 0 Å². The summed E-state index contributed by atoms with van der Waals surface area (Å²) in [6.07, 6.45) is 1.59.